The number of nitrogens with one attached hydrogen (secondary N) is 1. The van der Waals surface area contributed by atoms with Crippen LogP contribution in [0.4, 0.5) is 0 Å². The van der Waals surface area contributed by atoms with Crippen molar-refractivity contribution >= 4 is 23.0 Å². The molecule has 0 aliphatic heterocycles. The molecule has 1 fully saturated rings. The summed E-state index contributed by atoms with van der Waals surface area (Å²) in [5, 5.41) is 7.30. The number of pyridine rings is 2. The predicted octanol–water partition coefficient (Wildman–Crippen LogP) is 3.06. The maximum absolute atomic E-state index is 12.8. The summed E-state index contributed by atoms with van der Waals surface area (Å²) in [5.74, 6) is 0.0355. The van der Waals surface area contributed by atoms with E-state index in [4.69, 9.17) is 9.72 Å². The molecular formula is C27H27N7O3. The van der Waals surface area contributed by atoms with Crippen molar-refractivity contribution < 1.29 is 14.3 Å². The van der Waals surface area contributed by atoms with E-state index >= 15 is 0 Å². The van der Waals surface area contributed by atoms with Gasteiger partial charge in [-0.2, -0.15) is 5.10 Å². The molecule has 6 rings (SSSR count). The van der Waals surface area contributed by atoms with Crippen LogP contribution in [0.2, 0.25) is 0 Å². The molecule has 1 amide bonds. The normalized spacial score (nSPS) is 13.4. The van der Waals surface area contributed by atoms with Crippen molar-refractivity contribution in [2.24, 2.45) is 0 Å². The Kier molecular flexibility index (Phi) is 5.71. The van der Waals surface area contributed by atoms with Crippen LogP contribution < -0.4 is 5.32 Å². The largest absolute Gasteiger partial charge is 0.469 e. The van der Waals surface area contributed by atoms with Crippen LogP contribution in [-0.4, -0.2) is 47.5 Å². The molecule has 5 aromatic rings. The number of aryl methyl sites for hydroxylation is 1. The summed E-state index contributed by atoms with van der Waals surface area (Å²) in [5.41, 5.74) is 6.97. The highest BCUT2D eigenvalue weighted by Gasteiger charge is 2.25. The van der Waals surface area contributed by atoms with Crippen molar-refractivity contribution in [3.63, 3.8) is 0 Å². The minimum absolute atomic E-state index is 0.175. The molecule has 0 bridgehead atoms. The van der Waals surface area contributed by atoms with Gasteiger partial charge in [-0.25, -0.2) is 9.97 Å². The lowest BCUT2D eigenvalue weighted by Crippen LogP contribution is -2.22. The van der Waals surface area contributed by atoms with Gasteiger partial charge < -0.3 is 18.9 Å². The summed E-state index contributed by atoms with van der Waals surface area (Å²) in [6.07, 6.45) is 13.5. The lowest BCUT2D eigenvalue weighted by atomic mass is 10.1. The Morgan fingerprint density at radius 2 is 2.03 bits per heavy atom. The number of fused-ring (bicyclic) bond motifs is 2. The number of rotatable bonds is 8. The Labute approximate surface area is 212 Å². The van der Waals surface area contributed by atoms with Crippen LogP contribution in [0.5, 0.6) is 0 Å². The monoisotopic (exact) mass is 497 g/mol. The van der Waals surface area contributed by atoms with Crippen molar-refractivity contribution in [3.8, 4) is 0 Å². The number of hydrogen-bond acceptors (Lipinski definition) is 6. The number of hydrogen-bond donors (Lipinski definition) is 1. The van der Waals surface area contributed by atoms with Crippen molar-refractivity contribution in [2.75, 3.05) is 7.11 Å². The molecule has 5 aromatic heterocycles. The number of carbonyl (C=O) groups is 2. The van der Waals surface area contributed by atoms with Gasteiger partial charge >= 0.3 is 5.97 Å². The molecule has 5 heterocycles. The van der Waals surface area contributed by atoms with Crippen LogP contribution in [0, 0.1) is 6.92 Å². The molecule has 0 unspecified atom stereocenters. The van der Waals surface area contributed by atoms with Gasteiger partial charge in [-0.15, -0.1) is 0 Å². The summed E-state index contributed by atoms with van der Waals surface area (Å²) in [4.78, 5) is 33.9. The number of carbonyl (C=O) groups excluding carboxylic acids is 2. The van der Waals surface area contributed by atoms with Gasteiger partial charge in [0.1, 0.15) is 5.65 Å². The van der Waals surface area contributed by atoms with E-state index in [1.807, 2.05) is 40.3 Å². The van der Waals surface area contributed by atoms with Crippen molar-refractivity contribution in [1.29, 1.82) is 0 Å². The van der Waals surface area contributed by atoms with Gasteiger partial charge in [-0.3, -0.25) is 14.3 Å². The zero-order valence-corrected chi connectivity index (χ0v) is 20.7. The number of nitrogens with zero attached hydrogens (tertiary/aromatic N) is 6. The second-order valence-corrected chi connectivity index (χ2v) is 9.59. The SMILES string of the molecule is COC(=O)Cc1cc(C2CC2)cn2cc(Cn3cc(C(=O)NCc4ncn5ccc(C)cc45)cn3)nc12. The quantitative estimate of drug-likeness (QED) is 0.330. The summed E-state index contributed by atoms with van der Waals surface area (Å²) >= 11 is 0. The third kappa shape index (κ3) is 4.69. The molecule has 1 N–H and O–H groups in total. The van der Waals surface area contributed by atoms with Gasteiger partial charge in [-0.1, -0.05) is 0 Å². The zero-order valence-electron chi connectivity index (χ0n) is 20.7. The first kappa shape index (κ1) is 23.0. The number of esters is 1. The highest BCUT2D eigenvalue weighted by atomic mass is 16.5. The molecule has 0 aromatic carbocycles. The first-order valence-electron chi connectivity index (χ1n) is 12.3. The summed E-state index contributed by atoms with van der Waals surface area (Å²) in [6.45, 7) is 2.75. The molecule has 0 atom stereocenters. The van der Waals surface area contributed by atoms with Crippen molar-refractivity contribution in [1.82, 2.24) is 33.9 Å². The number of ether oxygens (including phenoxy) is 1. The van der Waals surface area contributed by atoms with Gasteiger partial charge in [0, 0.05) is 30.4 Å². The topological polar surface area (TPSA) is 108 Å². The maximum atomic E-state index is 12.8. The number of amides is 1. The second kappa shape index (κ2) is 9.20. The molecule has 10 heteroatoms. The summed E-state index contributed by atoms with van der Waals surface area (Å²) in [7, 11) is 1.39. The van der Waals surface area contributed by atoms with Crippen molar-refractivity contribution in [3.05, 3.63) is 89.2 Å². The number of methoxy groups -OCH3 is 1. The van der Waals surface area contributed by atoms with Gasteiger partial charge in [0.2, 0.25) is 0 Å². The van der Waals surface area contributed by atoms with Gasteiger partial charge in [0.05, 0.1) is 61.6 Å². The average Bonchev–Trinajstić information content (AvgIpc) is 3.30. The standard InChI is InChI=1S/C27H27N7O3/c1-17-5-6-32-16-29-23(24(32)7-17)11-28-27(36)21-10-30-34(13-21)15-22-14-33-12-20(18-3-4-18)8-19(26(33)31-22)9-25(35)37-2/h5-8,10,12-14,16,18H,3-4,9,11,15H2,1-2H3,(H,28,36). The van der Waals surface area contributed by atoms with Gasteiger partial charge in [0.25, 0.3) is 5.91 Å². The minimum atomic E-state index is -0.291. The Hall–Kier alpha value is -4.47. The highest BCUT2D eigenvalue weighted by molar-refractivity contribution is 5.93. The first-order chi connectivity index (χ1) is 18.0. The fraction of sp³-hybridized carbons (Fsp3) is 0.296. The van der Waals surface area contributed by atoms with E-state index in [9.17, 15) is 9.59 Å². The molecule has 37 heavy (non-hydrogen) atoms. The van der Waals surface area contributed by atoms with E-state index in [0.29, 0.717) is 24.6 Å². The van der Waals surface area contributed by atoms with E-state index < -0.39 is 0 Å². The molecule has 188 valence electrons. The van der Waals surface area contributed by atoms with E-state index in [1.54, 1.807) is 23.4 Å². The minimum Gasteiger partial charge on any atom is -0.469 e. The van der Waals surface area contributed by atoms with E-state index in [-0.39, 0.29) is 18.3 Å². The predicted molar refractivity (Wildman–Crippen MR) is 135 cm³/mol. The molecular weight excluding hydrogens is 470 g/mol. The fourth-order valence-electron chi connectivity index (χ4n) is 4.60. The van der Waals surface area contributed by atoms with Crippen LogP contribution >= 0.6 is 0 Å². The van der Waals surface area contributed by atoms with Crippen molar-refractivity contribution in [2.45, 2.75) is 45.2 Å². The van der Waals surface area contributed by atoms with Gasteiger partial charge in [-0.05, 0) is 55.0 Å². The summed E-state index contributed by atoms with van der Waals surface area (Å²) < 4.78 is 10.5. The van der Waals surface area contributed by atoms with E-state index in [2.05, 4.69) is 27.7 Å². The van der Waals surface area contributed by atoms with E-state index in [1.165, 1.54) is 25.5 Å². The third-order valence-electron chi connectivity index (χ3n) is 6.72. The van der Waals surface area contributed by atoms with E-state index in [0.717, 1.165) is 33.7 Å². The lowest BCUT2D eigenvalue weighted by molar-refractivity contribution is -0.139. The van der Waals surface area contributed by atoms with Crippen LogP contribution in [0.15, 0.2) is 55.5 Å². The molecule has 1 aliphatic carbocycles. The second-order valence-electron chi connectivity index (χ2n) is 9.59. The first-order valence-corrected chi connectivity index (χ1v) is 12.3. The Bertz CT molecular complexity index is 1640. The molecule has 0 radical (unpaired) electrons. The molecule has 0 spiro atoms. The Morgan fingerprint density at radius 1 is 1.16 bits per heavy atom. The van der Waals surface area contributed by atoms with Crippen LogP contribution in [-0.2, 0) is 29.0 Å². The van der Waals surface area contributed by atoms with Crippen LogP contribution in [0.3, 0.4) is 0 Å². The number of aromatic nitrogens is 6. The smallest absolute Gasteiger partial charge is 0.310 e. The average molecular weight is 498 g/mol. The Morgan fingerprint density at radius 3 is 2.84 bits per heavy atom. The van der Waals surface area contributed by atoms with Crippen LogP contribution in [0.1, 0.15) is 57.2 Å². The zero-order chi connectivity index (χ0) is 25.5. The number of imidazole rings is 2. The third-order valence-corrected chi connectivity index (χ3v) is 6.72. The molecule has 0 saturated heterocycles. The molecule has 1 aliphatic rings. The highest BCUT2D eigenvalue weighted by Crippen LogP contribution is 2.40. The fourth-order valence-corrected chi connectivity index (χ4v) is 4.60. The van der Waals surface area contributed by atoms with Gasteiger partial charge in [0.15, 0.2) is 0 Å². The lowest BCUT2D eigenvalue weighted by Gasteiger charge is -2.06. The Balaban J connectivity index is 1.17. The van der Waals surface area contributed by atoms with Crippen LogP contribution in [0.25, 0.3) is 11.2 Å². The maximum Gasteiger partial charge on any atom is 0.310 e. The molecule has 1 saturated carbocycles. The molecule has 10 nitrogen and oxygen atoms in total. The summed E-state index contributed by atoms with van der Waals surface area (Å²) in [6, 6.07) is 6.13.